The molecule has 0 spiro atoms. The number of rotatable bonds is 15. The van der Waals surface area contributed by atoms with Gasteiger partial charge in [0.15, 0.2) is 0 Å². The molecule has 2 rings (SSSR count). The molecule has 0 fully saturated rings. The van der Waals surface area contributed by atoms with E-state index in [1.165, 1.54) is 94.9 Å². The average Bonchev–Trinajstić information content (AvgIpc) is 3.30. The van der Waals surface area contributed by atoms with Crippen LogP contribution in [-0.2, 0) is 0 Å². The van der Waals surface area contributed by atoms with E-state index in [0.717, 1.165) is 0 Å². The molecule has 148 valence electrons. The highest BCUT2D eigenvalue weighted by molar-refractivity contribution is 7.14. The van der Waals surface area contributed by atoms with Crippen LogP contribution in [0.3, 0.4) is 0 Å². The van der Waals surface area contributed by atoms with Crippen LogP contribution in [0.4, 0.5) is 5.00 Å². The molecule has 0 aliphatic carbocycles. The average molecular weight is 376 g/mol. The van der Waals surface area contributed by atoms with Crippen molar-refractivity contribution in [3.63, 3.8) is 0 Å². The van der Waals surface area contributed by atoms with Gasteiger partial charge in [-0.1, -0.05) is 103 Å². The largest absolute Gasteiger partial charge is 0.351 e. The van der Waals surface area contributed by atoms with Crippen molar-refractivity contribution in [2.24, 2.45) is 0 Å². The first kappa shape index (κ1) is 21.5. The lowest BCUT2D eigenvalue weighted by Gasteiger charge is -2.32. The van der Waals surface area contributed by atoms with Crippen molar-refractivity contribution >= 4 is 16.3 Å². The Morgan fingerprint density at radius 2 is 1.23 bits per heavy atom. The molecule has 0 N–H and O–H groups in total. The van der Waals surface area contributed by atoms with Crippen LogP contribution in [0.2, 0.25) is 0 Å². The summed E-state index contributed by atoms with van der Waals surface area (Å²) in [5.74, 6) is 0. The van der Waals surface area contributed by atoms with Gasteiger partial charge in [0.2, 0.25) is 0 Å². The van der Waals surface area contributed by atoms with E-state index in [9.17, 15) is 0 Å². The molecular weight excluding hydrogens is 334 g/mol. The number of nitrogens with zero attached hydrogens (tertiary/aromatic N) is 1. The normalized spacial score (nSPS) is 19.5. The molecule has 0 aromatic carbocycles. The zero-order valence-electron chi connectivity index (χ0n) is 17.3. The second kappa shape index (κ2) is 13.4. The second-order valence-corrected chi connectivity index (χ2v) is 8.92. The maximum Gasteiger partial charge on any atom is 0.0918 e. The molecule has 2 atom stereocenters. The van der Waals surface area contributed by atoms with Gasteiger partial charge in [0.05, 0.1) is 5.00 Å². The standard InChI is InChI=1S/C24H41NS/c1-3-5-7-9-11-13-16-22-19-20-23(17-14-12-10-8-6-4-2)25(22)24-18-15-21-26-24/h15,18-23H,3-14,16-17H2,1-2H3. The molecule has 0 amide bonds. The van der Waals surface area contributed by atoms with E-state index in [1.807, 2.05) is 11.3 Å². The highest BCUT2D eigenvalue weighted by atomic mass is 32.1. The molecule has 2 heteroatoms. The topological polar surface area (TPSA) is 3.24 Å². The van der Waals surface area contributed by atoms with Crippen LogP contribution >= 0.6 is 11.3 Å². The molecule has 1 aromatic heterocycles. The van der Waals surface area contributed by atoms with Crippen molar-refractivity contribution in [1.29, 1.82) is 0 Å². The fourth-order valence-electron chi connectivity index (χ4n) is 4.17. The van der Waals surface area contributed by atoms with Gasteiger partial charge in [-0.15, -0.1) is 11.3 Å². The third-order valence-electron chi connectivity index (χ3n) is 5.74. The molecule has 1 nitrogen and oxygen atoms in total. The summed E-state index contributed by atoms with van der Waals surface area (Å²) in [5, 5.41) is 3.71. The SMILES string of the molecule is CCCCCCCCC1C=CC(CCCCCCCC)N1c1cccs1. The van der Waals surface area contributed by atoms with Gasteiger partial charge in [0, 0.05) is 12.1 Å². The van der Waals surface area contributed by atoms with Crippen LogP contribution < -0.4 is 4.90 Å². The molecule has 1 aliphatic rings. The monoisotopic (exact) mass is 375 g/mol. The van der Waals surface area contributed by atoms with Gasteiger partial charge in [0.1, 0.15) is 0 Å². The molecule has 0 bridgehead atoms. The zero-order chi connectivity index (χ0) is 18.5. The highest BCUT2D eigenvalue weighted by Crippen LogP contribution is 2.34. The Balaban J connectivity index is 1.75. The lowest BCUT2D eigenvalue weighted by molar-refractivity contribution is 0.520. The van der Waals surface area contributed by atoms with E-state index in [-0.39, 0.29) is 0 Å². The number of anilines is 1. The quantitative estimate of drug-likeness (QED) is 0.220. The lowest BCUT2D eigenvalue weighted by atomic mass is 10.0. The third kappa shape index (κ3) is 7.47. The van der Waals surface area contributed by atoms with Gasteiger partial charge in [-0.2, -0.15) is 0 Å². The van der Waals surface area contributed by atoms with E-state index in [2.05, 4.69) is 48.4 Å². The molecule has 0 radical (unpaired) electrons. The summed E-state index contributed by atoms with van der Waals surface area (Å²) in [7, 11) is 0. The zero-order valence-corrected chi connectivity index (χ0v) is 18.1. The molecular formula is C24H41NS. The van der Waals surface area contributed by atoms with Gasteiger partial charge in [-0.05, 0) is 30.4 Å². The van der Waals surface area contributed by atoms with E-state index < -0.39 is 0 Å². The Morgan fingerprint density at radius 1 is 0.731 bits per heavy atom. The minimum Gasteiger partial charge on any atom is -0.351 e. The van der Waals surface area contributed by atoms with Gasteiger partial charge in [0.25, 0.3) is 0 Å². The molecule has 26 heavy (non-hydrogen) atoms. The molecule has 1 aromatic rings. The number of unbranched alkanes of at least 4 members (excludes halogenated alkanes) is 10. The van der Waals surface area contributed by atoms with Gasteiger partial charge in [-0.3, -0.25) is 0 Å². The number of thiophene rings is 1. The van der Waals surface area contributed by atoms with Crippen molar-refractivity contribution in [3.05, 3.63) is 29.7 Å². The molecule has 0 saturated heterocycles. The first-order valence-corrected chi connectivity index (χ1v) is 12.2. The predicted octanol–water partition coefficient (Wildman–Crippen LogP) is 8.36. The Kier molecular flexibility index (Phi) is 11.1. The molecule has 0 saturated carbocycles. The smallest absolute Gasteiger partial charge is 0.0918 e. The molecule has 1 aliphatic heterocycles. The van der Waals surface area contributed by atoms with E-state index in [4.69, 9.17) is 0 Å². The summed E-state index contributed by atoms with van der Waals surface area (Å²) in [5.41, 5.74) is 0. The minimum absolute atomic E-state index is 0.630. The highest BCUT2D eigenvalue weighted by Gasteiger charge is 2.28. The van der Waals surface area contributed by atoms with Crippen molar-refractivity contribution < 1.29 is 0 Å². The van der Waals surface area contributed by atoms with Crippen LogP contribution in [0.5, 0.6) is 0 Å². The predicted molar refractivity (Wildman–Crippen MR) is 120 cm³/mol. The van der Waals surface area contributed by atoms with Crippen LogP contribution in [0.15, 0.2) is 29.7 Å². The second-order valence-electron chi connectivity index (χ2n) is 7.99. The Morgan fingerprint density at radius 3 is 1.69 bits per heavy atom. The van der Waals surface area contributed by atoms with Crippen molar-refractivity contribution in [1.82, 2.24) is 0 Å². The maximum absolute atomic E-state index is 2.72. The summed E-state index contributed by atoms with van der Waals surface area (Å²) in [6.45, 7) is 4.60. The Labute approximate surface area is 166 Å². The fourth-order valence-corrected chi connectivity index (χ4v) is 5.02. The van der Waals surface area contributed by atoms with E-state index >= 15 is 0 Å². The summed E-state index contributed by atoms with van der Waals surface area (Å²) >= 11 is 1.91. The third-order valence-corrected chi connectivity index (χ3v) is 6.62. The molecule has 2 heterocycles. The number of hydrogen-bond donors (Lipinski definition) is 0. The Hall–Kier alpha value is -0.760. The van der Waals surface area contributed by atoms with E-state index in [1.54, 1.807) is 0 Å². The maximum atomic E-state index is 2.72. The summed E-state index contributed by atoms with van der Waals surface area (Å²) < 4.78 is 0. The van der Waals surface area contributed by atoms with Crippen LogP contribution in [0.25, 0.3) is 0 Å². The van der Waals surface area contributed by atoms with Crippen molar-refractivity contribution in [2.45, 2.75) is 116 Å². The lowest BCUT2D eigenvalue weighted by Crippen LogP contribution is -2.36. The number of hydrogen-bond acceptors (Lipinski definition) is 2. The van der Waals surface area contributed by atoms with Crippen molar-refractivity contribution in [3.8, 4) is 0 Å². The summed E-state index contributed by atoms with van der Waals surface area (Å²) in [6.07, 6.45) is 24.4. The van der Waals surface area contributed by atoms with Crippen LogP contribution in [-0.4, -0.2) is 12.1 Å². The van der Waals surface area contributed by atoms with Gasteiger partial charge < -0.3 is 4.90 Å². The first-order chi connectivity index (χ1) is 12.9. The first-order valence-electron chi connectivity index (χ1n) is 11.4. The molecule has 2 unspecified atom stereocenters. The summed E-state index contributed by atoms with van der Waals surface area (Å²) in [6, 6.07) is 5.79. The van der Waals surface area contributed by atoms with Crippen LogP contribution in [0.1, 0.15) is 104 Å². The summed E-state index contributed by atoms with van der Waals surface area (Å²) in [4.78, 5) is 2.72. The minimum atomic E-state index is 0.630. The van der Waals surface area contributed by atoms with Crippen LogP contribution in [0, 0.1) is 0 Å². The fraction of sp³-hybridized carbons (Fsp3) is 0.750. The Bertz CT molecular complexity index is 439. The van der Waals surface area contributed by atoms with E-state index in [0.29, 0.717) is 12.1 Å². The van der Waals surface area contributed by atoms with Gasteiger partial charge in [-0.25, -0.2) is 0 Å². The van der Waals surface area contributed by atoms with Gasteiger partial charge >= 0.3 is 0 Å². The van der Waals surface area contributed by atoms with Crippen molar-refractivity contribution in [2.75, 3.05) is 4.90 Å².